The van der Waals surface area contributed by atoms with E-state index in [2.05, 4.69) is 21.0 Å². The second-order valence-corrected chi connectivity index (χ2v) is 6.34. The molecule has 1 aromatic carbocycles. The van der Waals surface area contributed by atoms with E-state index in [1.807, 2.05) is 18.4 Å². The summed E-state index contributed by atoms with van der Waals surface area (Å²) in [5.41, 5.74) is 1.33. The number of thiophene rings is 1. The van der Waals surface area contributed by atoms with Gasteiger partial charge >= 0.3 is 0 Å². The van der Waals surface area contributed by atoms with Gasteiger partial charge in [-0.2, -0.15) is 11.3 Å². The Morgan fingerprint density at radius 1 is 1.30 bits per heavy atom. The topological polar surface area (TPSA) is 36.4 Å². The van der Waals surface area contributed by atoms with Crippen LogP contribution in [0.25, 0.3) is 0 Å². The second kappa shape index (κ2) is 7.08. The first kappa shape index (κ1) is 15.9. The summed E-state index contributed by atoms with van der Waals surface area (Å²) in [7, 11) is 0. The normalized spacial score (nSPS) is 20.4. The summed E-state index contributed by atoms with van der Waals surface area (Å²) in [5.74, 6) is -0.400. The van der Waals surface area contributed by atoms with Crippen molar-refractivity contribution in [2.24, 2.45) is 4.99 Å². The van der Waals surface area contributed by atoms with E-state index in [1.54, 1.807) is 11.3 Å². The highest BCUT2D eigenvalue weighted by Crippen LogP contribution is 2.43. The van der Waals surface area contributed by atoms with Crippen LogP contribution in [-0.2, 0) is 6.54 Å². The van der Waals surface area contributed by atoms with Crippen molar-refractivity contribution in [3.8, 4) is 0 Å². The van der Waals surface area contributed by atoms with Gasteiger partial charge in [0.2, 0.25) is 0 Å². The third-order valence-electron chi connectivity index (χ3n) is 3.83. The summed E-state index contributed by atoms with van der Waals surface area (Å²) in [4.78, 5) is 4.52. The minimum absolute atomic E-state index is 0.0154. The Labute approximate surface area is 138 Å². The van der Waals surface area contributed by atoms with Crippen LogP contribution in [0.2, 0.25) is 0 Å². The Bertz CT molecular complexity index is 665. The standard InChI is InChI=1S/C17H19F2N3S/c1-2-20-17(21-9-11-6-7-23-10-11)22-15-8-12(15)16-13(18)4-3-5-14(16)19/h3-7,10,12,15H,2,8-9H2,1H3,(H2,20,21,22). The van der Waals surface area contributed by atoms with Gasteiger partial charge in [-0.3, -0.25) is 0 Å². The second-order valence-electron chi connectivity index (χ2n) is 5.56. The van der Waals surface area contributed by atoms with Crippen molar-refractivity contribution in [2.45, 2.75) is 31.8 Å². The van der Waals surface area contributed by atoms with E-state index in [9.17, 15) is 8.78 Å². The number of hydrogen-bond acceptors (Lipinski definition) is 2. The van der Waals surface area contributed by atoms with Crippen LogP contribution in [0.4, 0.5) is 8.78 Å². The zero-order valence-electron chi connectivity index (χ0n) is 12.9. The predicted octanol–water partition coefficient (Wildman–Crippen LogP) is 3.64. The predicted molar refractivity (Wildman–Crippen MR) is 89.8 cm³/mol. The molecule has 2 atom stereocenters. The maximum absolute atomic E-state index is 13.8. The van der Waals surface area contributed by atoms with Gasteiger partial charge in [-0.15, -0.1) is 0 Å². The molecule has 0 aliphatic heterocycles. The van der Waals surface area contributed by atoms with Crippen LogP contribution < -0.4 is 10.6 Å². The highest BCUT2D eigenvalue weighted by Gasteiger charge is 2.42. The number of hydrogen-bond donors (Lipinski definition) is 2. The lowest BCUT2D eigenvalue weighted by Crippen LogP contribution is -2.39. The number of rotatable bonds is 5. The molecule has 0 amide bonds. The summed E-state index contributed by atoms with van der Waals surface area (Å²) >= 11 is 1.64. The summed E-state index contributed by atoms with van der Waals surface area (Å²) < 4.78 is 27.6. The van der Waals surface area contributed by atoms with Gasteiger partial charge < -0.3 is 10.6 Å². The maximum atomic E-state index is 13.8. The van der Waals surface area contributed by atoms with Crippen molar-refractivity contribution in [3.63, 3.8) is 0 Å². The molecule has 0 saturated heterocycles. The van der Waals surface area contributed by atoms with E-state index in [-0.39, 0.29) is 17.5 Å². The van der Waals surface area contributed by atoms with Crippen molar-refractivity contribution in [2.75, 3.05) is 6.54 Å². The summed E-state index contributed by atoms with van der Waals surface area (Å²) in [6.45, 7) is 3.31. The molecular formula is C17H19F2N3S. The fourth-order valence-electron chi connectivity index (χ4n) is 2.59. The van der Waals surface area contributed by atoms with Crippen LogP contribution in [0.15, 0.2) is 40.0 Å². The molecule has 1 aliphatic rings. The van der Waals surface area contributed by atoms with Crippen molar-refractivity contribution in [1.29, 1.82) is 0 Å². The van der Waals surface area contributed by atoms with Crippen LogP contribution in [0.5, 0.6) is 0 Å². The van der Waals surface area contributed by atoms with Gasteiger partial charge in [0.25, 0.3) is 0 Å². The van der Waals surface area contributed by atoms with Crippen LogP contribution in [0.3, 0.4) is 0 Å². The average Bonchev–Trinajstić information content (AvgIpc) is 3.06. The summed E-state index contributed by atoms with van der Waals surface area (Å²) in [5, 5.41) is 10.5. The molecule has 1 aliphatic carbocycles. The third kappa shape index (κ3) is 3.88. The first-order valence-electron chi connectivity index (χ1n) is 7.69. The maximum Gasteiger partial charge on any atom is 0.191 e. The molecule has 3 rings (SSSR count). The van der Waals surface area contributed by atoms with E-state index in [4.69, 9.17) is 0 Å². The first-order chi connectivity index (χ1) is 11.2. The quantitative estimate of drug-likeness (QED) is 0.646. The molecule has 2 unspecified atom stereocenters. The molecule has 1 saturated carbocycles. The molecule has 1 fully saturated rings. The lowest BCUT2D eigenvalue weighted by atomic mass is 10.1. The number of guanidine groups is 1. The fourth-order valence-corrected chi connectivity index (χ4v) is 3.25. The van der Waals surface area contributed by atoms with Crippen molar-refractivity contribution >= 4 is 17.3 Å². The molecule has 2 N–H and O–H groups in total. The smallest absolute Gasteiger partial charge is 0.191 e. The zero-order chi connectivity index (χ0) is 16.2. The van der Waals surface area contributed by atoms with Crippen LogP contribution in [-0.4, -0.2) is 18.5 Å². The SMILES string of the molecule is CCNC(=NCc1ccsc1)NC1CC1c1c(F)cccc1F. The highest BCUT2D eigenvalue weighted by molar-refractivity contribution is 7.07. The molecule has 0 bridgehead atoms. The average molecular weight is 335 g/mol. The molecule has 3 nitrogen and oxygen atoms in total. The minimum Gasteiger partial charge on any atom is -0.357 e. The van der Waals surface area contributed by atoms with Crippen molar-refractivity contribution < 1.29 is 8.78 Å². The lowest BCUT2D eigenvalue weighted by molar-refractivity contribution is 0.553. The molecule has 2 aromatic rings. The highest BCUT2D eigenvalue weighted by atomic mass is 32.1. The van der Waals surface area contributed by atoms with Gasteiger partial charge in [-0.05, 0) is 47.9 Å². The number of halogens is 2. The zero-order valence-corrected chi connectivity index (χ0v) is 13.7. The van der Waals surface area contributed by atoms with Gasteiger partial charge in [-0.1, -0.05) is 6.07 Å². The number of aliphatic imine (C=N–C) groups is 1. The summed E-state index contributed by atoms with van der Waals surface area (Å²) in [6, 6.07) is 6.06. The Hall–Kier alpha value is -1.95. The molecule has 23 heavy (non-hydrogen) atoms. The Kier molecular flexibility index (Phi) is 4.91. The molecule has 6 heteroatoms. The third-order valence-corrected chi connectivity index (χ3v) is 4.56. The largest absolute Gasteiger partial charge is 0.357 e. The molecule has 1 aromatic heterocycles. The Morgan fingerprint density at radius 3 is 2.74 bits per heavy atom. The Morgan fingerprint density at radius 2 is 2.09 bits per heavy atom. The van der Waals surface area contributed by atoms with E-state index in [0.717, 1.165) is 12.1 Å². The summed E-state index contributed by atoms with van der Waals surface area (Å²) in [6.07, 6.45) is 0.709. The van der Waals surface area contributed by atoms with E-state index in [0.29, 0.717) is 18.9 Å². The first-order valence-corrected chi connectivity index (χ1v) is 8.63. The molecule has 1 heterocycles. The van der Waals surface area contributed by atoms with Crippen LogP contribution in [0.1, 0.15) is 30.4 Å². The van der Waals surface area contributed by atoms with Gasteiger partial charge in [-0.25, -0.2) is 13.8 Å². The van der Waals surface area contributed by atoms with E-state index >= 15 is 0 Å². The minimum atomic E-state index is -0.473. The number of benzene rings is 1. The van der Waals surface area contributed by atoms with Gasteiger partial charge in [0.15, 0.2) is 5.96 Å². The van der Waals surface area contributed by atoms with Crippen molar-refractivity contribution in [1.82, 2.24) is 10.6 Å². The van der Waals surface area contributed by atoms with Gasteiger partial charge in [0, 0.05) is 24.1 Å². The van der Waals surface area contributed by atoms with E-state index < -0.39 is 11.6 Å². The molecule has 0 radical (unpaired) electrons. The molecular weight excluding hydrogens is 316 g/mol. The number of nitrogens with zero attached hydrogens (tertiary/aromatic N) is 1. The number of nitrogens with one attached hydrogen (secondary N) is 2. The monoisotopic (exact) mass is 335 g/mol. The van der Waals surface area contributed by atoms with Crippen LogP contribution in [0, 0.1) is 11.6 Å². The van der Waals surface area contributed by atoms with Gasteiger partial charge in [0.1, 0.15) is 11.6 Å². The lowest BCUT2D eigenvalue weighted by Gasteiger charge is -2.11. The molecule has 0 spiro atoms. The van der Waals surface area contributed by atoms with Gasteiger partial charge in [0.05, 0.1) is 6.54 Å². The molecule has 122 valence electrons. The Balaban J connectivity index is 1.64. The van der Waals surface area contributed by atoms with E-state index in [1.165, 1.54) is 18.2 Å². The van der Waals surface area contributed by atoms with Crippen molar-refractivity contribution in [3.05, 3.63) is 57.8 Å². The fraction of sp³-hybridized carbons (Fsp3) is 0.353. The van der Waals surface area contributed by atoms with Crippen LogP contribution >= 0.6 is 11.3 Å².